The summed E-state index contributed by atoms with van der Waals surface area (Å²) in [5.41, 5.74) is -0.670. The molecule has 2 aromatic rings. The molecule has 1 unspecified atom stereocenters. The zero-order valence-electron chi connectivity index (χ0n) is 16.7. The van der Waals surface area contributed by atoms with Crippen LogP contribution in [0.25, 0.3) is 0 Å². The molecular formula is C21H24ClN3O4S. The van der Waals surface area contributed by atoms with Crippen LogP contribution in [0.1, 0.15) is 43.5 Å². The third-order valence-corrected chi connectivity index (χ3v) is 9.39. The molecule has 0 radical (unpaired) electrons. The normalized spacial score (nSPS) is 30.8. The second kappa shape index (κ2) is 7.59. The van der Waals surface area contributed by atoms with Crippen molar-refractivity contribution in [2.45, 2.75) is 48.9 Å². The van der Waals surface area contributed by atoms with Gasteiger partial charge in [0.25, 0.3) is 5.91 Å². The molecule has 30 heavy (non-hydrogen) atoms. The van der Waals surface area contributed by atoms with Crippen molar-refractivity contribution in [1.82, 2.24) is 10.2 Å². The first-order chi connectivity index (χ1) is 14.1. The van der Waals surface area contributed by atoms with Crippen LogP contribution in [0, 0.1) is 17.8 Å². The van der Waals surface area contributed by atoms with Crippen LogP contribution in [0.3, 0.4) is 0 Å². The first-order valence-corrected chi connectivity index (χ1v) is 11.9. The van der Waals surface area contributed by atoms with Crippen molar-refractivity contribution in [2.75, 3.05) is 5.32 Å². The number of rotatable bonds is 4. The molecule has 0 saturated heterocycles. The Balaban J connectivity index is 1.62. The highest BCUT2D eigenvalue weighted by molar-refractivity contribution is 7.92. The van der Waals surface area contributed by atoms with Crippen molar-refractivity contribution in [2.24, 2.45) is 17.8 Å². The Bertz CT molecular complexity index is 1070. The van der Waals surface area contributed by atoms with Crippen LogP contribution in [0.5, 0.6) is 0 Å². The Morgan fingerprint density at radius 1 is 1.27 bits per heavy atom. The minimum Gasteiger partial charge on any atom is -0.390 e. The van der Waals surface area contributed by atoms with Gasteiger partial charge >= 0.3 is 0 Å². The molecule has 2 aliphatic carbocycles. The van der Waals surface area contributed by atoms with E-state index in [0.29, 0.717) is 12.8 Å². The highest BCUT2D eigenvalue weighted by atomic mass is 35.5. The summed E-state index contributed by atoms with van der Waals surface area (Å²) in [7, 11) is -3.77. The number of carbonyl (C=O) groups is 1. The molecule has 2 fully saturated rings. The molecule has 5 atom stereocenters. The summed E-state index contributed by atoms with van der Waals surface area (Å²) in [6.45, 7) is 3.89. The van der Waals surface area contributed by atoms with E-state index in [4.69, 9.17) is 11.6 Å². The van der Waals surface area contributed by atoms with E-state index in [1.54, 1.807) is 12.1 Å². The predicted molar refractivity (Wildman–Crippen MR) is 113 cm³/mol. The molecule has 4 rings (SSSR count). The fourth-order valence-electron chi connectivity index (χ4n) is 5.09. The van der Waals surface area contributed by atoms with Gasteiger partial charge in [-0.25, -0.2) is 8.42 Å². The number of benzene rings is 1. The Morgan fingerprint density at radius 2 is 2.03 bits per heavy atom. The number of hydrogen-bond donors (Lipinski definition) is 2. The van der Waals surface area contributed by atoms with Gasteiger partial charge in [-0.05, 0) is 74.3 Å². The lowest BCUT2D eigenvalue weighted by Gasteiger charge is -2.40. The van der Waals surface area contributed by atoms with Gasteiger partial charge in [-0.2, -0.15) is 5.10 Å². The number of nitrogens with zero attached hydrogens (tertiary/aromatic N) is 2. The van der Waals surface area contributed by atoms with Gasteiger partial charge in [-0.15, -0.1) is 5.10 Å². The van der Waals surface area contributed by atoms with Gasteiger partial charge in [0.05, 0.1) is 20.8 Å². The molecule has 1 aromatic heterocycles. The summed E-state index contributed by atoms with van der Waals surface area (Å²) >= 11 is 6.26. The van der Waals surface area contributed by atoms with Crippen molar-refractivity contribution in [3.63, 3.8) is 0 Å². The quantitative estimate of drug-likeness (QED) is 0.740. The molecule has 2 N–H and O–H groups in total. The molecule has 1 aromatic carbocycles. The number of amides is 1. The lowest BCUT2D eigenvalue weighted by Crippen LogP contribution is -2.46. The SMILES string of the molecule is C[C@H]1CC2C[C@@H](S(=O)(=O)c3cc(C(=O)Nc4cccnn4)ccc3Cl)C[C@H]1[C@]2(C)O. The molecule has 2 saturated carbocycles. The van der Waals surface area contributed by atoms with Gasteiger partial charge in [0.2, 0.25) is 0 Å². The molecule has 0 aliphatic heterocycles. The zero-order valence-corrected chi connectivity index (χ0v) is 18.3. The smallest absolute Gasteiger partial charge is 0.256 e. The van der Waals surface area contributed by atoms with Crippen LogP contribution in [-0.2, 0) is 9.84 Å². The molecule has 2 aliphatic rings. The molecular weight excluding hydrogens is 426 g/mol. The number of fused-ring (bicyclic) bond motifs is 2. The summed E-state index contributed by atoms with van der Waals surface area (Å²) in [6.07, 6.45) is 3.08. The summed E-state index contributed by atoms with van der Waals surface area (Å²) in [6, 6.07) is 7.44. The lowest BCUT2D eigenvalue weighted by molar-refractivity contribution is -0.0466. The van der Waals surface area contributed by atoms with Crippen molar-refractivity contribution in [3.05, 3.63) is 47.1 Å². The van der Waals surface area contributed by atoms with Gasteiger partial charge in [0, 0.05) is 11.8 Å². The number of anilines is 1. The Hall–Kier alpha value is -2.03. The first kappa shape index (κ1) is 21.2. The fraction of sp³-hybridized carbons (Fsp3) is 0.476. The van der Waals surface area contributed by atoms with Crippen LogP contribution < -0.4 is 5.32 Å². The van der Waals surface area contributed by atoms with Crippen molar-refractivity contribution in [1.29, 1.82) is 0 Å². The van der Waals surface area contributed by atoms with E-state index in [-0.39, 0.29) is 39.1 Å². The van der Waals surface area contributed by atoms with Crippen LogP contribution in [0.4, 0.5) is 5.82 Å². The van der Waals surface area contributed by atoms with Crippen LogP contribution in [-0.4, -0.2) is 40.5 Å². The van der Waals surface area contributed by atoms with E-state index in [1.807, 2.05) is 6.92 Å². The Labute approximate surface area is 180 Å². The summed E-state index contributed by atoms with van der Waals surface area (Å²) in [5.74, 6) is -0.0959. The number of halogens is 1. The molecule has 0 spiro atoms. The molecule has 1 amide bonds. The molecule has 2 bridgehead atoms. The van der Waals surface area contributed by atoms with E-state index in [2.05, 4.69) is 22.4 Å². The van der Waals surface area contributed by atoms with E-state index in [1.165, 1.54) is 24.4 Å². The number of hydrogen-bond acceptors (Lipinski definition) is 6. The average molecular weight is 450 g/mol. The number of aromatic nitrogens is 2. The van der Waals surface area contributed by atoms with Crippen LogP contribution in [0.2, 0.25) is 5.02 Å². The number of nitrogens with one attached hydrogen (secondary N) is 1. The highest BCUT2D eigenvalue weighted by Crippen LogP contribution is 2.54. The second-order valence-electron chi connectivity index (χ2n) is 8.59. The largest absolute Gasteiger partial charge is 0.390 e. The molecule has 1 heterocycles. The lowest BCUT2D eigenvalue weighted by atomic mass is 9.74. The van der Waals surface area contributed by atoms with Crippen LogP contribution in [0.15, 0.2) is 41.4 Å². The number of carbonyl (C=O) groups excluding carboxylic acids is 1. The van der Waals surface area contributed by atoms with E-state index in [9.17, 15) is 18.3 Å². The van der Waals surface area contributed by atoms with E-state index < -0.39 is 26.6 Å². The maximum absolute atomic E-state index is 13.5. The van der Waals surface area contributed by atoms with Gasteiger partial charge < -0.3 is 10.4 Å². The van der Waals surface area contributed by atoms with Crippen LogP contribution >= 0.6 is 11.6 Å². The minimum atomic E-state index is -3.77. The molecule has 9 heteroatoms. The predicted octanol–water partition coefficient (Wildman–Crippen LogP) is 3.34. The van der Waals surface area contributed by atoms with Gasteiger partial charge in [-0.1, -0.05) is 18.5 Å². The summed E-state index contributed by atoms with van der Waals surface area (Å²) < 4.78 is 26.9. The Kier molecular flexibility index (Phi) is 5.36. The van der Waals surface area contributed by atoms with Crippen molar-refractivity contribution < 1.29 is 18.3 Å². The average Bonchev–Trinajstić information content (AvgIpc) is 2.83. The maximum atomic E-state index is 13.5. The standard InChI is InChI=1S/C21H24ClN3O4S/c1-12-8-14-10-15(11-16(12)21(14,2)27)30(28,29)18-9-13(5-6-17(18)22)20(26)24-19-4-3-7-23-25-19/h3-7,9,12,14-16,27H,8,10-11H2,1-2H3,(H,24,25,26)/t12-,14?,15+,16+,21+/m0/s1. The first-order valence-electron chi connectivity index (χ1n) is 9.95. The van der Waals surface area contributed by atoms with Gasteiger partial charge in [-0.3, -0.25) is 4.79 Å². The van der Waals surface area contributed by atoms with Crippen molar-refractivity contribution >= 4 is 33.2 Å². The minimum absolute atomic E-state index is 0.0467. The fourth-order valence-corrected chi connectivity index (χ4v) is 7.46. The number of aliphatic hydroxyl groups is 1. The van der Waals surface area contributed by atoms with E-state index >= 15 is 0 Å². The maximum Gasteiger partial charge on any atom is 0.256 e. The number of sulfone groups is 1. The van der Waals surface area contributed by atoms with Gasteiger partial charge in [0.15, 0.2) is 15.7 Å². The van der Waals surface area contributed by atoms with Gasteiger partial charge in [0.1, 0.15) is 0 Å². The molecule has 160 valence electrons. The zero-order chi connectivity index (χ0) is 21.7. The van der Waals surface area contributed by atoms with E-state index in [0.717, 1.165) is 6.42 Å². The molecule has 7 nitrogen and oxygen atoms in total. The van der Waals surface area contributed by atoms with Crippen molar-refractivity contribution in [3.8, 4) is 0 Å². The monoisotopic (exact) mass is 449 g/mol. The summed E-state index contributed by atoms with van der Waals surface area (Å²) in [5, 5.41) is 20.4. The third kappa shape index (κ3) is 3.61. The highest BCUT2D eigenvalue weighted by Gasteiger charge is 2.56. The topological polar surface area (TPSA) is 109 Å². The second-order valence-corrected chi connectivity index (χ2v) is 11.2. The Morgan fingerprint density at radius 3 is 2.70 bits per heavy atom. The summed E-state index contributed by atoms with van der Waals surface area (Å²) in [4.78, 5) is 12.5. The third-order valence-electron chi connectivity index (χ3n) is 6.74.